The molecule has 0 bridgehead atoms. The van der Waals surface area contributed by atoms with Crippen molar-refractivity contribution in [3.63, 3.8) is 0 Å². The summed E-state index contributed by atoms with van der Waals surface area (Å²) in [6.45, 7) is 0. The van der Waals surface area contributed by atoms with Crippen LogP contribution < -0.4 is 0 Å². The zero-order valence-electron chi connectivity index (χ0n) is 19.9. The van der Waals surface area contributed by atoms with E-state index in [9.17, 15) is 17.6 Å². The minimum absolute atomic E-state index is 0. The van der Waals surface area contributed by atoms with Gasteiger partial charge in [-0.3, -0.25) is 27.5 Å². The Kier molecular flexibility index (Phi) is 10.9. The van der Waals surface area contributed by atoms with Crippen molar-refractivity contribution in [2.45, 2.75) is 0 Å². The van der Waals surface area contributed by atoms with Crippen LogP contribution in [0.2, 0.25) is 0 Å². The van der Waals surface area contributed by atoms with Crippen LogP contribution in [0, 0.1) is 35.4 Å². The van der Waals surface area contributed by atoms with E-state index in [1.54, 1.807) is 72.4 Å². The molecule has 3 aromatic heterocycles. The van der Waals surface area contributed by atoms with Crippen LogP contribution in [-0.2, 0) is 34.2 Å². The molecule has 2 aromatic carbocycles. The van der Waals surface area contributed by atoms with Crippen molar-refractivity contribution in [3.05, 3.63) is 103 Å². The Morgan fingerprint density at radius 1 is 0.730 bits per heavy atom. The number of aromatic nitrogens is 5. The molecule has 0 amide bonds. The van der Waals surface area contributed by atoms with Gasteiger partial charge in [0.15, 0.2) is 0 Å². The molecule has 5 rings (SSSR count). The van der Waals surface area contributed by atoms with Gasteiger partial charge in [-0.1, -0.05) is 29.8 Å². The molecule has 0 saturated carbocycles. The first-order valence-corrected chi connectivity index (χ1v) is 10.4. The molecule has 195 valence electrons. The topological polar surface area (TPSA) is 68.8 Å². The number of aryl methyl sites for hydroxylation is 2. The zero-order valence-corrected chi connectivity index (χ0v) is 22.3. The summed E-state index contributed by atoms with van der Waals surface area (Å²) < 4.78 is 57.0. The van der Waals surface area contributed by atoms with E-state index in [0.717, 1.165) is 25.3 Å². The fourth-order valence-electron chi connectivity index (χ4n) is 3.19. The molecule has 0 aliphatic heterocycles. The Balaban J connectivity index is 0.000000250. The van der Waals surface area contributed by atoms with Gasteiger partial charge < -0.3 is 19.2 Å². The van der Waals surface area contributed by atoms with Crippen molar-refractivity contribution in [2.75, 3.05) is 7.11 Å². The maximum Gasteiger partial charge on any atom is 0.0755 e. The van der Waals surface area contributed by atoms with Gasteiger partial charge in [-0.2, -0.15) is 0 Å². The molecule has 3 heterocycles. The van der Waals surface area contributed by atoms with E-state index in [2.05, 4.69) is 27.1 Å². The number of aliphatic hydroxyl groups is 1. The van der Waals surface area contributed by atoms with Crippen molar-refractivity contribution in [2.24, 2.45) is 14.1 Å². The average molecular weight is 688 g/mol. The van der Waals surface area contributed by atoms with Crippen molar-refractivity contribution < 1.29 is 42.8 Å². The van der Waals surface area contributed by atoms with Crippen LogP contribution in [0.15, 0.2) is 67.4 Å². The van der Waals surface area contributed by atoms with Crippen molar-refractivity contribution in [1.82, 2.24) is 24.1 Å². The van der Waals surface area contributed by atoms with E-state index in [-0.39, 0.29) is 36.8 Å². The first-order valence-electron chi connectivity index (χ1n) is 10.4. The van der Waals surface area contributed by atoms with Crippen LogP contribution in [0.25, 0.3) is 34.0 Å². The molecule has 1 N–H and O–H groups in total. The molecule has 6 nitrogen and oxygen atoms in total. The number of halogens is 4. The summed E-state index contributed by atoms with van der Waals surface area (Å²) in [4.78, 5) is 12.1. The second-order valence-corrected chi connectivity index (χ2v) is 7.19. The van der Waals surface area contributed by atoms with Crippen LogP contribution in [0.1, 0.15) is 0 Å². The number of hydrogen-bond acceptors (Lipinski definition) is 4. The number of hydrogen-bond donors (Lipinski definition) is 1. The van der Waals surface area contributed by atoms with Crippen molar-refractivity contribution >= 4 is 0 Å². The Hall–Kier alpha value is -3.66. The Bertz CT molecular complexity index is 1380. The number of benzene rings is 2. The molecule has 0 spiro atoms. The van der Waals surface area contributed by atoms with E-state index in [0.29, 0.717) is 17.3 Å². The minimum atomic E-state index is -0.699. The Morgan fingerprint density at radius 3 is 1.70 bits per heavy atom. The predicted octanol–water partition coefficient (Wildman–Crippen LogP) is 5.00. The minimum Gasteiger partial charge on any atom is -0.400 e. The normalized spacial score (nSPS) is 9.95. The second kappa shape index (κ2) is 13.6. The summed E-state index contributed by atoms with van der Waals surface area (Å²) in [5, 5.41) is 7.00. The van der Waals surface area contributed by atoms with Gasteiger partial charge in [0.1, 0.15) is 0 Å². The number of nitrogens with zero attached hydrogens (tertiary/aromatic N) is 5. The molecule has 0 atom stereocenters. The van der Waals surface area contributed by atoms with Crippen LogP contribution in [-0.4, -0.2) is 36.3 Å². The molecule has 0 aliphatic carbocycles. The van der Waals surface area contributed by atoms with Gasteiger partial charge in [-0.05, 0) is 22.9 Å². The summed E-state index contributed by atoms with van der Waals surface area (Å²) in [6.07, 6.45) is 8.02. The summed E-state index contributed by atoms with van der Waals surface area (Å²) in [5.74, 6) is -1.91. The van der Waals surface area contributed by atoms with Crippen LogP contribution in [0.3, 0.4) is 0 Å². The van der Waals surface area contributed by atoms with E-state index >= 15 is 0 Å². The molecule has 1 radical (unpaired) electrons. The van der Waals surface area contributed by atoms with E-state index in [1.165, 1.54) is 0 Å². The summed E-state index contributed by atoms with van der Waals surface area (Å²) in [5.41, 5.74) is 0.880. The van der Waals surface area contributed by atoms with Gasteiger partial charge in [0, 0.05) is 83.9 Å². The monoisotopic (exact) mass is 688 g/mol. The number of imidazole rings is 2. The third-order valence-electron chi connectivity index (χ3n) is 4.85. The zero-order chi connectivity index (χ0) is 26.2. The van der Waals surface area contributed by atoms with Crippen LogP contribution in [0.5, 0.6) is 0 Å². The third kappa shape index (κ3) is 6.97. The van der Waals surface area contributed by atoms with Gasteiger partial charge in [0.05, 0.1) is 23.3 Å². The van der Waals surface area contributed by atoms with Gasteiger partial charge in [-0.15, -0.1) is 18.2 Å². The maximum absolute atomic E-state index is 14.0. The SMILES string of the molecule is CO.Cn1ccnc1-c1[c-]c(-c2nccn2C)c(F)cc1F.Fc1c[c-]c(-c2ccccn2)c(F)c1.[Ir]. The van der Waals surface area contributed by atoms with Gasteiger partial charge >= 0.3 is 0 Å². The quantitative estimate of drug-likeness (QED) is 0.214. The maximum atomic E-state index is 14.0. The van der Waals surface area contributed by atoms with E-state index in [4.69, 9.17) is 5.11 Å². The fourth-order valence-corrected chi connectivity index (χ4v) is 3.19. The molecule has 0 fully saturated rings. The van der Waals surface area contributed by atoms with Gasteiger partial charge in [0.2, 0.25) is 0 Å². The van der Waals surface area contributed by atoms with Crippen LogP contribution in [0.4, 0.5) is 17.6 Å². The van der Waals surface area contributed by atoms with Crippen molar-refractivity contribution in [3.8, 4) is 34.0 Å². The van der Waals surface area contributed by atoms with Crippen molar-refractivity contribution in [1.29, 1.82) is 0 Å². The Morgan fingerprint density at radius 2 is 1.27 bits per heavy atom. The first kappa shape index (κ1) is 29.6. The molecule has 37 heavy (non-hydrogen) atoms. The Labute approximate surface area is 224 Å². The average Bonchev–Trinajstić information content (AvgIpc) is 3.49. The van der Waals surface area contributed by atoms with Gasteiger partial charge in [-0.25, -0.2) is 0 Å². The van der Waals surface area contributed by atoms with E-state index < -0.39 is 23.3 Å². The second-order valence-electron chi connectivity index (χ2n) is 7.19. The molecular weight excluding hydrogens is 667 g/mol. The first-order chi connectivity index (χ1) is 17.3. The summed E-state index contributed by atoms with van der Waals surface area (Å²) >= 11 is 0. The number of pyridine rings is 1. The van der Waals surface area contributed by atoms with Gasteiger partial charge in [0.25, 0.3) is 0 Å². The van der Waals surface area contributed by atoms with E-state index in [1.807, 2.05) is 0 Å². The molecule has 11 heteroatoms. The predicted molar refractivity (Wildman–Crippen MR) is 126 cm³/mol. The summed E-state index contributed by atoms with van der Waals surface area (Å²) in [6, 6.07) is 13.1. The summed E-state index contributed by atoms with van der Waals surface area (Å²) in [7, 11) is 4.47. The number of aliphatic hydroxyl groups excluding tert-OH is 1. The standard InChI is InChI=1S/C14H11F2N4.C11H6F2N.CH4O.Ir/c1-19-5-3-17-13(19)9-7-10(12(16)8-11(9)15)14-18-4-6-20(14)2;12-8-4-5-9(10(13)7-8)11-3-1-2-6-14-11;1-2;/h3-6,8H,1-2H3;1-4,6-7H;2H,1H3;/q2*-1;;. The van der Waals surface area contributed by atoms with Crippen LogP contribution >= 0.6 is 0 Å². The molecule has 0 unspecified atom stereocenters. The fraction of sp³-hybridized carbons (Fsp3) is 0.115. The number of rotatable bonds is 3. The molecular formula is C26H21F4IrN5O-2. The molecule has 5 aromatic rings. The largest absolute Gasteiger partial charge is 0.400 e. The third-order valence-corrected chi connectivity index (χ3v) is 4.85. The molecule has 0 saturated heterocycles. The molecule has 0 aliphatic rings. The smallest absolute Gasteiger partial charge is 0.0755 e.